The second kappa shape index (κ2) is 8.62. The third-order valence-electron chi connectivity index (χ3n) is 3.73. The molecule has 6 nitrogen and oxygen atoms in total. The fourth-order valence-corrected chi connectivity index (χ4v) is 2.46. The Bertz CT molecular complexity index is 800. The SMILES string of the molecule is CC(C)(C)OC(=O)N(CCc1cccc([N+](=O)[O-])c1)Cc1ccc(F)cc1. The lowest BCUT2D eigenvalue weighted by molar-refractivity contribution is -0.384. The molecular formula is C20H23FN2O4. The quantitative estimate of drug-likeness (QED) is 0.542. The highest BCUT2D eigenvalue weighted by Gasteiger charge is 2.22. The topological polar surface area (TPSA) is 72.7 Å². The number of carbonyl (C=O) groups is 1. The lowest BCUT2D eigenvalue weighted by Crippen LogP contribution is -2.37. The molecule has 0 heterocycles. The fraction of sp³-hybridized carbons (Fsp3) is 0.350. The Labute approximate surface area is 157 Å². The lowest BCUT2D eigenvalue weighted by atomic mass is 10.1. The largest absolute Gasteiger partial charge is 0.444 e. The van der Waals surface area contributed by atoms with E-state index in [1.54, 1.807) is 45.0 Å². The van der Waals surface area contributed by atoms with Gasteiger partial charge in [-0.2, -0.15) is 0 Å². The Kier molecular flexibility index (Phi) is 6.50. The summed E-state index contributed by atoms with van der Waals surface area (Å²) in [6.45, 7) is 5.90. The Morgan fingerprint density at radius 3 is 2.41 bits per heavy atom. The number of nitro benzene ring substituents is 1. The fourth-order valence-electron chi connectivity index (χ4n) is 2.46. The molecule has 0 radical (unpaired) electrons. The van der Waals surface area contributed by atoms with Crippen molar-refractivity contribution >= 4 is 11.8 Å². The lowest BCUT2D eigenvalue weighted by Gasteiger charge is -2.27. The van der Waals surface area contributed by atoms with E-state index in [1.807, 2.05) is 0 Å². The minimum atomic E-state index is -0.649. The predicted molar refractivity (Wildman–Crippen MR) is 99.8 cm³/mol. The first-order chi connectivity index (χ1) is 12.6. The van der Waals surface area contributed by atoms with E-state index in [0.29, 0.717) is 13.0 Å². The summed E-state index contributed by atoms with van der Waals surface area (Å²) >= 11 is 0. The molecule has 2 aromatic carbocycles. The molecule has 2 rings (SSSR count). The van der Waals surface area contributed by atoms with E-state index in [9.17, 15) is 19.3 Å². The summed E-state index contributed by atoms with van der Waals surface area (Å²) in [7, 11) is 0. The van der Waals surface area contributed by atoms with Crippen molar-refractivity contribution in [1.29, 1.82) is 0 Å². The van der Waals surface area contributed by atoms with Crippen LogP contribution in [0.15, 0.2) is 48.5 Å². The third-order valence-corrected chi connectivity index (χ3v) is 3.73. The van der Waals surface area contributed by atoms with E-state index in [1.165, 1.54) is 29.2 Å². The highest BCUT2D eigenvalue weighted by atomic mass is 19.1. The summed E-state index contributed by atoms with van der Waals surface area (Å²) < 4.78 is 18.6. The second-order valence-corrected chi connectivity index (χ2v) is 7.21. The second-order valence-electron chi connectivity index (χ2n) is 7.21. The van der Waals surface area contributed by atoms with Crippen molar-refractivity contribution in [2.45, 2.75) is 39.3 Å². The molecule has 0 saturated heterocycles. The molecule has 0 bridgehead atoms. The molecule has 144 valence electrons. The summed E-state index contributed by atoms with van der Waals surface area (Å²) in [5, 5.41) is 10.9. The van der Waals surface area contributed by atoms with Crippen molar-refractivity contribution in [3.63, 3.8) is 0 Å². The van der Waals surface area contributed by atoms with Crippen LogP contribution >= 0.6 is 0 Å². The average Bonchev–Trinajstić information content (AvgIpc) is 2.59. The van der Waals surface area contributed by atoms with Crippen molar-refractivity contribution in [3.05, 3.63) is 75.6 Å². The van der Waals surface area contributed by atoms with E-state index < -0.39 is 16.6 Å². The number of nitro groups is 1. The first-order valence-corrected chi connectivity index (χ1v) is 8.60. The van der Waals surface area contributed by atoms with Crippen molar-refractivity contribution in [3.8, 4) is 0 Å². The number of halogens is 1. The minimum Gasteiger partial charge on any atom is -0.444 e. The maximum Gasteiger partial charge on any atom is 0.410 e. The number of hydrogen-bond acceptors (Lipinski definition) is 4. The van der Waals surface area contributed by atoms with Crippen LogP contribution < -0.4 is 0 Å². The number of amides is 1. The summed E-state index contributed by atoms with van der Waals surface area (Å²) in [5.74, 6) is -0.348. The summed E-state index contributed by atoms with van der Waals surface area (Å²) in [5.41, 5.74) is 0.872. The van der Waals surface area contributed by atoms with Crippen LogP contribution in [-0.4, -0.2) is 28.1 Å². The molecule has 0 N–H and O–H groups in total. The average molecular weight is 374 g/mol. The molecule has 0 spiro atoms. The van der Waals surface area contributed by atoms with Crippen LogP contribution in [0, 0.1) is 15.9 Å². The van der Waals surface area contributed by atoms with Gasteiger partial charge in [0.2, 0.25) is 0 Å². The highest BCUT2D eigenvalue weighted by Crippen LogP contribution is 2.17. The maximum atomic E-state index is 13.1. The van der Waals surface area contributed by atoms with Gasteiger partial charge in [0.25, 0.3) is 5.69 Å². The molecule has 27 heavy (non-hydrogen) atoms. The minimum absolute atomic E-state index is 0.00912. The van der Waals surface area contributed by atoms with Gasteiger partial charge in [-0.3, -0.25) is 10.1 Å². The molecule has 2 aromatic rings. The molecule has 0 aliphatic rings. The van der Waals surface area contributed by atoms with Crippen LogP contribution in [0.2, 0.25) is 0 Å². The molecule has 0 fully saturated rings. The van der Waals surface area contributed by atoms with Crippen LogP contribution in [0.3, 0.4) is 0 Å². The molecule has 0 atom stereocenters. The van der Waals surface area contributed by atoms with Crippen LogP contribution in [0.1, 0.15) is 31.9 Å². The summed E-state index contributed by atoms with van der Waals surface area (Å²) in [4.78, 5) is 24.5. The Morgan fingerprint density at radius 1 is 1.15 bits per heavy atom. The third kappa shape index (κ3) is 6.69. The van der Waals surface area contributed by atoms with Crippen molar-refractivity contribution < 1.29 is 18.8 Å². The zero-order valence-electron chi connectivity index (χ0n) is 15.6. The van der Waals surface area contributed by atoms with Crippen molar-refractivity contribution in [2.24, 2.45) is 0 Å². The van der Waals surface area contributed by atoms with Gasteiger partial charge in [0.05, 0.1) is 4.92 Å². The Hall–Kier alpha value is -2.96. The van der Waals surface area contributed by atoms with Gasteiger partial charge >= 0.3 is 6.09 Å². The van der Waals surface area contributed by atoms with E-state index in [4.69, 9.17) is 4.74 Å². The smallest absolute Gasteiger partial charge is 0.410 e. The normalized spacial score (nSPS) is 11.1. The zero-order chi connectivity index (χ0) is 20.0. The van der Waals surface area contributed by atoms with Crippen LogP contribution in [-0.2, 0) is 17.7 Å². The number of nitrogens with zero attached hydrogens (tertiary/aromatic N) is 2. The van der Waals surface area contributed by atoms with E-state index in [-0.39, 0.29) is 18.0 Å². The van der Waals surface area contributed by atoms with Gasteiger partial charge in [-0.15, -0.1) is 0 Å². The van der Waals surface area contributed by atoms with Crippen LogP contribution in [0.5, 0.6) is 0 Å². The first-order valence-electron chi connectivity index (χ1n) is 8.60. The van der Waals surface area contributed by atoms with E-state index >= 15 is 0 Å². The van der Waals surface area contributed by atoms with Gasteiger partial charge < -0.3 is 9.64 Å². The van der Waals surface area contributed by atoms with Gasteiger partial charge in [0, 0.05) is 25.2 Å². The van der Waals surface area contributed by atoms with Gasteiger partial charge in [0.15, 0.2) is 0 Å². The van der Waals surface area contributed by atoms with Crippen molar-refractivity contribution in [2.75, 3.05) is 6.54 Å². The number of ether oxygens (including phenoxy) is 1. The van der Waals surface area contributed by atoms with Crippen molar-refractivity contribution in [1.82, 2.24) is 4.90 Å². The molecule has 0 saturated carbocycles. The number of hydrogen-bond donors (Lipinski definition) is 0. The zero-order valence-corrected chi connectivity index (χ0v) is 15.6. The Balaban J connectivity index is 2.13. The number of benzene rings is 2. The van der Waals surface area contributed by atoms with Gasteiger partial charge in [0.1, 0.15) is 11.4 Å². The van der Waals surface area contributed by atoms with Crippen LogP contribution in [0.4, 0.5) is 14.9 Å². The van der Waals surface area contributed by atoms with Gasteiger partial charge in [-0.05, 0) is 50.5 Å². The van der Waals surface area contributed by atoms with E-state index in [0.717, 1.165) is 11.1 Å². The van der Waals surface area contributed by atoms with Gasteiger partial charge in [-0.1, -0.05) is 24.3 Å². The molecular weight excluding hydrogens is 351 g/mol. The molecule has 0 unspecified atom stereocenters. The molecule has 0 aliphatic carbocycles. The molecule has 0 aliphatic heterocycles. The summed E-state index contributed by atoms with van der Waals surface area (Å²) in [6, 6.07) is 12.2. The molecule has 1 amide bonds. The van der Waals surface area contributed by atoms with E-state index in [2.05, 4.69) is 0 Å². The predicted octanol–water partition coefficient (Wildman–Crippen LogP) is 4.71. The molecule has 7 heteroatoms. The first kappa shape index (κ1) is 20.4. The standard InChI is InChI=1S/C20H23FN2O4/c1-20(2,3)27-19(24)22(14-16-7-9-17(21)10-8-16)12-11-15-5-4-6-18(13-15)23(25)26/h4-10,13H,11-12,14H2,1-3H3. The Morgan fingerprint density at radius 2 is 1.81 bits per heavy atom. The maximum absolute atomic E-state index is 13.1. The monoisotopic (exact) mass is 374 g/mol. The molecule has 0 aromatic heterocycles. The number of rotatable bonds is 6. The van der Waals surface area contributed by atoms with Crippen LogP contribution in [0.25, 0.3) is 0 Å². The highest BCUT2D eigenvalue weighted by molar-refractivity contribution is 5.68. The summed E-state index contributed by atoms with van der Waals surface area (Å²) in [6.07, 6.45) is -0.0560. The number of non-ortho nitro benzene ring substituents is 1. The number of carbonyl (C=O) groups excluding carboxylic acids is 1. The van der Waals surface area contributed by atoms with Gasteiger partial charge in [-0.25, -0.2) is 9.18 Å².